The molecule has 1 unspecified atom stereocenters. The average Bonchev–Trinajstić information content (AvgIpc) is 2.46. The van der Waals surface area contributed by atoms with Crippen LogP contribution in [-0.2, 0) is 9.59 Å². The minimum atomic E-state index is -0.368. The summed E-state index contributed by atoms with van der Waals surface area (Å²) < 4.78 is 0. The maximum Gasteiger partial charge on any atom is 0.242 e. The van der Waals surface area contributed by atoms with Crippen LogP contribution in [0.1, 0.15) is 32.3 Å². The molecule has 0 radical (unpaired) electrons. The highest BCUT2D eigenvalue weighted by Gasteiger charge is 2.15. The first-order valence-corrected chi connectivity index (χ1v) is 6.66. The largest absolute Gasteiger partial charge is 0.374 e. The van der Waals surface area contributed by atoms with Gasteiger partial charge in [-0.1, -0.05) is 31.5 Å². The molecule has 1 aromatic rings. The molecule has 1 amide bonds. The van der Waals surface area contributed by atoms with Crippen molar-refractivity contribution in [3.05, 3.63) is 29.8 Å². The van der Waals surface area contributed by atoms with Crippen LogP contribution in [0.25, 0.3) is 0 Å². The van der Waals surface area contributed by atoms with E-state index in [1.165, 1.54) is 5.56 Å². The quantitative estimate of drug-likeness (QED) is 0.776. The Balaban J connectivity index is 0.00000154. The molecular formula is C15H24N2O2. The number of likely N-dealkylation sites (N-methyl/N-ethyl adjacent to an activating group) is 1. The minimum absolute atomic E-state index is 0.104. The van der Waals surface area contributed by atoms with E-state index < -0.39 is 0 Å². The molecule has 1 atom stereocenters. The SMILES string of the molecule is CC.CNC(=O)C(CCC=O)Nc1ccc(C)cc1. The zero-order valence-electron chi connectivity index (χ0n) is 12.2. The number of aldehydes is 1. The summed E-state index contributed by atoms with van der Waals surface area (Å²) in [7, 11) is 1.59. The van der Waals surface area contributed by atoms with Crippen molar-refractivity contribution < 1.29 is 9.59 Å². The van der Waals surface area contributed by atoms with Crippen LogP contribution in [0, 0.1) is 6.92 Å². The molecule has 1 rings (SSSR count). The summed E-state index contributed by atoms with van der Waals surface area (Å²) >= 11 is 0. The lowest BCUT2D eigenvalue weighted by Gasteiger charge is -2.17. The second-order valence-corrected chi connectivity index (χ2v) is 3.92. The molecule has 0 heterocycles. The van der Waals surface area contributed by atoms with Crippen LogP contribution in [0.15, 0.2) is 24.3 Å². The second-order valence-electron chi connectivity index (χ2n) is 3.92. The van der Waals surface area contributed by atoms with Crippen molar-refractivity contribution >= 4 is 17.9 Å². The number of carbonyl (C=O) groups excluding carboxylic acids is 2. The van der Waals surface area contributed by atoms with Gasteiger partial charge in [-0.3, -0.25) is 4.79 Å². The first-order chi connectivity index (χ1) is 9.17. The summed E-state index contributed by atoms with van der Waals surface area (Å²) in [6, 6.07) is 7.43. The maximum atomic E-state index is 11.6. The lowest BCUT2D eigenvalue weighted by atomic mass is 10.1. The Morgan fingerprint density at radius 3 is 2.32 bits per heavy atom. The van der Waals surface area contributed by atoms with Gasteiger partial charge in [-0.25, -0.2) is 0 Å². The van der Waals surface area contributed by atoms with Gasteiger partial charge in [-0.15, -0.1) is 0 Å². The van der Waals surface area contributed by atoms with Gasteiger partial charge in [0.1, 0.15) is 12.3 Å². The van der Waals surface area contributed by atoms with Gasteiger partial charge in [0.25, 0.3) is 0 Å². The zero-order valence-corrected chi connectivity index (χ0v) is 12.2. The van der Waals surface area contributed by atoms with Crippen LogP contribution in [0.5, 0.6) is 0 Å². The Labute approximate surface area is 115 Å². The molecule has 1 aromatic carbocycles. The van der Waals surface area contributed by atoms with Crippen molar-refractivity contribution in [1.82, 2.24) is 5.32 Å². The maximum absolute atomic E-state index is 11.6. The first-order valence-electron chi connectivity index (χ1n) is 6.66. The molecule has 4 nitrogen and oxygen atoms in total. The third-order valence-electron chi connectivity index (χ3n) is 2.53. The molecular weight excluding hydrogens is 240 g/mol. The van der Waals surface area contributed by atoms with E-state index in [-0.39, 0.29) is 11.9 Å². The lowest BCUT2D eigenvalue weighted by molar-refractivity contribution is -0.121. The number of amides is 1. The van der Waals surface area contributed by atoms with E-state index in [0.717, 1.165) is 12.0 Å². The molecule has 2 N–H and O–H groups in total. The number of hydrogen-bond acceptors (Lipinski definition) is 3. The van der Waals surface area contributed by atoms with Crippen molar-refractivity contribution in [2.24, 2.45) is 0 Å². The fourth-order valence-electron chi connectivity index (χ4n) is 1.53. The number of nitrogens with one attached hydrogen (secondary N) is 2. The summed E-state index contributed by atoms with van der Waals surface area (Å²) in [6.07, 6.45) is 1.70. The lowest BCUT2D eigenvalue weighted by Crippen LogP contribution is -2.37. The number of aryl methyl sites for hydroxylation is 1. The molecule has 0 spiro atoms. The summed E-state index contributed by atoms with van der Waals surface area (Å²) in [4.78, 5) is 22.0. The Morgan fingerprint density at radius 1 is 1.26 bits per heavy atom. The second kappa shape index (κ2) is 10.1. The van der Waals surface area contributed by atoms with Crippen molar-refractivity contribution in [2.75, 3.05) is 12.4 Å². The Morgan fingerprint density at radius 2 is 1.84 bits per heavy atom. The molecule has 0 aliphatic rings. The first kappa shape index (κ1) is 17.2. The normalized spacial score (nSPS) is 10.7. The zero-order chi connectivity index (χ0) is 14.7. The minimum Gasteiger partial charge on any atom is -0.374 e. The van der Waals surface area contributed by atoms with Gasteiger partial charge in [0.2, 0.25) is 5.91 Å². The molecule has 0 bridgehead atoms. The Kier molecular flexibility index (Phi) is 9.14. The predicted molar refractivity (Wildman–Crippen MR) is 79.3 cm³/mol. The predicted octanol–water partition coefficient (Wildman–Crippen LogP) is 2.53. The van der Waals surface area contributed by atoms with Crippen LogP contribution < -0.4 is 10.6 Å². The number of anilines is 1. The highest BCUT2D eigenvalue weighted by atomic mass is 16.2. The number of benzene rings is 1. The van der Waals surface area contributed by atoms with Crippen LogP contribution in [0.2, 0.25) is 0 Å². The molecule has 0 fully saturated rings. The molecule has 106 valence electrons. The monoisotopic (exact) mass is 264 g/mol. The third kappa shape index (κ3) is 6.60. The van der Waals surface area contributed by atoms with Gasteiger partial charge in [-0.05, 0) is 25.5 Å². The molecule has 0 aliphatic carbocycles. The van der Waals surface area contributed by atoms with Crippen molar-refractivity contribution in [2.45, 2.75) is 39.7 Å². The topological polar surface area (TPSA) is 58.2 Å². The fourth-order valence-corrected chi connectivity index (χ4v) is 1.53. The molecule has 0 saturated heterocycles. The standard InChI is InChI=1S/C13H18N2O2.C2H6/c1-10-5-7-11(8-6-10)15-12(4-3-9-16)13(17)14-2;1-2/h5-9,12,15H,3-4H2,1-2H3,(H,14,17);1-2H3. The van der Waals surface area contributed by atoms with Gasteiger partial charge in [0, 0.05) is 19.2 Å². The van der Waals surface area contributed by atoms with Crippen molar-refractivity contribution in [3.63, 3.8) is 0 Å². The van der Waals surface area contributed by atoms with E-state index in [1.54, 1.807) is 7.05 Å². The number of carbonyl (C=O) groups is 2. The molecule has 0 saturated carbocycles. The van der Waals surface area contributed by atoms with Gasteiger partial charge in [0.05, 0.1) is 0 Å². The van der Waals surface area contributed by atoms with E-state index >= 15 is 0 Å². The Hall–Kier alpha value is -1.84. The molecule has 19 heavy (non-hydrogen) atoms. The van der Waals surface area contributed by atoms with E-state index in [1.807, 2.05) is 45.0 Å². The summed E-state index contributed by atoms with van der Waals surface area (Å²) in [5, 5.41) is 5.71. The van der Waals surface area contributed by atoms with Crippen LogP contribution in [-0.4, -0.2) is 25.3 Å². The average molecular weight is 264 g/mol. The van der Waals surface area contributed by atoms with Crippen LogP contribution >= 0.6 is 0 Å². The van der Waals surface area contributed by atoms with Gasteiger partial charge < -0.3 is 15.4 Å². The van der Waals surface area contributed by atoms with E-state index in [4.69, 9.17) is 0 Å². The number of hydrogen-bond donors (Lipinski definition) is 2. The summed E-state index contributed by atoms with van der Waals surface area (Å²) in [5.41, 5.74) is 2.05. The van der Waals surface area contributed by atoms with Gasteiger partial charge >= 0.3 is 0 Å². The van der Waals surface area contributed by atoms with Crippen LogP contribution in [0.3, 0.4) is 0 Å². The van der Waals surface area contributed by atoms with E-state index in [2.05, 4.69) is 10.6 Å². The highest BCUT2D eigenvalue weighted by Crippen LogP contribution is 2.12. The smallest absolute Gasteiger partial charge is 0.242 e. The van der Waals surface area contributed by atoms with E-state index in [0.29, 0.717) is 12.8 Å². The van der Waals surface area contributed by atoms with E-state index in [9.17, 15) is 9.59 Å². The summed E-state index contributed by atoms with van der Waals surface area (Å²) in [6.45, 7) is 6.01. The summed E-state index contributed by atoms with van der Waals surface area (Å²) in [5.74, 6) is -0.104. The van der Waals surface area contributed by atoms with Crippen molar-refractivity contribution in [1.29, 1.82) is 0 Å². The molecule has 0 aromatic heterocycles. The fraction of sp³-hybridized carbons (Fsp3) is 0.467. The third-order valence-corrected chi connectivity index (χ3v) is 2.53. The van der Waals surface area contributed by atoms with Gasteiger partial charge in [0.15, 0.2) is 0 Å². The number of rotatable bonds is 6. The molecule has 0 aliphatic heterocycles. The Bertz CT molecular complexity index is 374. The van der Waals surface area contributed by atoms with Crippen LogP contribution in [0.4, 0.5) is 5.69 Å². The van der Waals surface area contributed by atoms with Gasteiger partial charge in [-0.2, -0.15) is 0 Å². The van der Waals surface area contributed by atoms with Crippen molar-refractivity contribution in [3.8, 4) is 0 Å². The highest BCUT2D eigenvalue weighted by molar-refractivity contribution is 5.84. The molecule has 4 heteroatoms.